The number of amides is 1. The van der Waals surface area contributed by atoms with Gasteiger partial charge in [0.2, 0.25) is 0 Å². The average molecular weight is 233 g/mol. The number of aliphatic carboxylic acids is 1. The van der Waals surface area contributed by atoms with Crippen LogP contribution >= 0.6 is 0 Å². The van der Waals surface area contributed by atoms with E-state index in [0.29, 0.717) is 5.56 Å². The molecule has 1 aromatic carbocycles. The van der Waals surface area contributed by atoms with Crippen molar-refractivity contribution in [3.05, 3.63) is 48.0 Å². The highest BCUT2D eigenvalue weighted by Gasteiger charge is 2.18. The van der Waals surface area contributed by atoms with Crippen molar-refractivity contribution in [3.8, 4) is 0 Å². The van der Waals surface area contributed by atoms with E-state index in [0.717, 1.165) is 0 Å². The van der Waals surface area contributed by atoms with Crippen LogP contribution < -0.4 is 5.32 Å². The molecule has 1 aromatic rings. The maximum Gasteiger partial charge on any atom is 0.326 e. The summed E-state index contributed by atoms with van der Waals surface area (Å²) >= 11 is 0. The molecule has 1 rings (SSSR count). The van der Waals surface area contributed by atoms with Gasteiger partial charge in [0.15, 0.2) is 0 Å². The molecule has 1 amide bonds. The number of carbonyl (C=O) groups excluding carboxylic acids is 1. The summed E-state index contributed by atoms with van der Waals surface area (Å²) < 4.78 is 0. The summed E-state index contributed by atoms with van der Waals surface area (Å²) in [6.07, 6.45) is 3.75. The third kappa shape index (κ3) is 4.10. The van der Waals surface area contributed by atoms with Gasteiger partial charge in [-0.3, -0.25) is 4.79 Å². The lowest BCUT2D eigenvalue weighted by Crippen LogP contribution is -2.40. The van der Waals surface area contributed by atoms with Gasteiger partial charge in [-0.05, 0) is 25.5 Å². The van der Waals surface area contributed by atoms with Crippen LogP contribution in [0.2, 0.25) is 0 Å². The average Bonchev–Trinajstić information content (AvgIpc) is 2.35. The molecule has 1 atom stereocenters. The van der Waals surface area contributed by atoms with E-state index in [-0.39, 0.29) is 12.3 Å². The predicted molar refractivity (Wildman–Crippen MR) is 64.8 cm³/mol. The summed E-state index contributed by atoms with van der Waals surface area (Å²) in [6.45, 7) is 1.80. The molecule has 1 unspecified atom stereocenters. The molecule has 0 aliphatic carbocycles. The van der Waals surface area contributed by atoms with Gasteiger partial charge in [0.05, 0.1) is 0 Å². The smallest absolute Gasteiger partial charge is 0.326 e. The predicted octanol–water partition coefficient (Wildman–Crippen LogP) is 1.84. The maximum atomic E-state index is 11.7. The molecule has 17 heavy (non-hydrogen) atoms. The van der Waals surface area contributed by atoms with E-state index in [1.54, 1.807) is 49.4 Å². The van der Waals surface area contributed by atoms with Crippen molar-refractivity contribution in [1.82, 2.24) is 5.32 Å². The molecule has 0 bridgehead atoms. The number of carbonyl (C=O) groups is 2. The molecule has 0 aliphatic heterocycles. The van der Waals surface area contributed by atoms with Gasteiger partial charge in [-0.1, -0.05) is 30.4 Å². The second-order valence-corrected chi connectivity index (χ2v) is 3.54. The zero-order valence-corrected chi connectivity index (χ0v) is 9.59. The molecular weight excluding hydrogens is 218 g/mol. The molecule has 0 aromatic heterocycles. The van der Waals surface area contributed by atoms with E-state index in [4.69, 9.17) is 5.11 Å². The molecule has 0 fully saturated rings. The topological polar surface area (TPSA) is 66.4 Å². The fourth-order valence-corrected chi connectivity index (χ4v) is 1.32. The highest BCUT2D eigenvalue weighted by atomic mass is 16.4. The number of carboxylic acid groups (broad SMARTS) is 1. The van der Waals surface area contributed by atoms with Crippen LogP contribution in [0.25, 0.3) is 0 Å². The zero-order valence-electron chi connectivity index (χ0n) is 9.59. The lowest BCUT2D eigenvalue weighted by Gasteiger charge is -2.12. The van der Waals surface area contributed by atoms with Crippen molar-refractivity contribution in [2.45, 2.75) is 19.4 Å². The minimum atomic E-state index is -1.03. The Labute approximate surface area is 100.0 Å². The van der Waals surface area contributed by atoms with E-state index >= 15 is 0 Å². The third-order valence-corrected chi connectivity index (χ3v) is 2.25. The standard InChI is InChI=1S/C13H15NO3/c1-2-3-9-11(13(16)17)14-12(15)10-7-5-4-6-8-10/h2-8,11H,9H2,1H3,(H,14,15)(H,16,17). The van der Waals surface area contributed by atoms with Crippen LogP contribution in [0, 0.1) is 0 Å². The number of allylic oxidation sites excluding steroid dienone is 1. The fourth-order valence-electron chi connectivity index (χ4n) is 1.32. The van der Waals surface area contributed by atoms with Gasteiger partial charge in [-0.25, -0.2) is 4.79 Å². The first kappa shape index (κ1) is 13.0. The molecule has 2 N–H and O–H groups in total. The molecule has 4 heteroatoms. The van der Waals surface area contributed by atoms with Gasteiger partial charge in [-0.2, -0.15) is 0 Å². The molecule has 0 saturated heterocycles. The summed E-state index contributed by atoms with van der Waals surface area (Å²) in [5.74, 6) is -1.41. The molecule has 0 heterocycles. The second-order valence-electron chi connectivity index (χ2n) is 3.54. The van der Waals surface area contributed by atoms with Crippen molar-refractivity contribution in [2.24, 2.45) is 0 Å². The van der Waals surface area contributed by atoms with E-state index in [1.807, 2.05) is 0 Å². The molecule has 0 saturated carbocycles. The summed E-state index contributed by atoms with van der Waals surface area (Å²) in [5, 5.41) is 11.4. The Bertz CT molecular complexity index is 412. The first-order valence-corrected chi connectivity index (χ1v) is 5.35. The largest absolute Gasteiger partial charge is 0.480 e. The quantitative estimate of drug-likeness (QED) is 0.762. The lowest BCUT2D eigenvalue weighted by molar-refractivity contribution is -0.139. The number of carboxylic acids is 1. The van der Waals surface area contributed by atoms with Crippen molar-refractivity contribution >= 4 is 11.9 Å². The Hall–Kier alpha value is -2.10. The van der Waals surface area contributed by atoms with Crippen LogP contribution in [0.15, 0.2) is 42.5 Å². The normalized spacial score (nSPS) is 12.3. The molecule has 90 valence electrons. The van der Waals surface area contributed by atoms with Gasteiger partial charge < -0.3 is 10.4 Å². The van der Waals surface area contributed by atoms with Crippen molar-refractivity contribution < 1.29 is 14.7 Å². The highest BCUT2D eigenvalue weighted by molar-refractivity contribution is 5.96. The Balaban J connectivity index is 2.68. The summed E-state index contributed by atoms with van der Waals surface area (Å²) in [5.41, 5.74) is 0.458. The van der Waals surface area contributed by atoms with Crippen LogP contribution in [0.3, 0.4) is 0 Å². The van der Waals surface area contributed by atoms with E-state index in [2.05, 4.69) is 5.32 Å². The van der Waals surface area contributed by atoms with E-state index in [9.17, 15) is 9.59 Å². The molecule has 4 nitrogen and oxygen atoms in total. The van der Waals surface area contributed by atoms with Crippen LogP contribution in [-0.4, -0.2) is 23.0 Å². The van der Waals surface area contributed by atoms with Gasteiger partial charge in [0.25, 0.3) is 5.91 Å². The first-order chi connectivity index (χ1) is 8.15. The molecular formula is C13H15NO3. The van der Waals surface area contributed by atoms with Gasteiger partial charge in [0, 0.05) is 5.56 Å². The van der Waals surface area contributed by atoms with Crippen LogP contribution in [-0.2, 0) is 4.79 Å². The Morgan fingerprint density at radius 3 is 2.53 bits per heavy atom. The van der Waals surface area contributed by atoms with Gasteiger partial charge in [-0.15, -0.1) is 0 Å². The zero-order chi connectivity index (χ0) is 12.7. The number of benzene rings is 1. The first-order valence-electron chi connectivity index (χ1n) is 5.35. The minimum absolute atomic E-state index is 0.282. The Kier molecular flexibility index (Phi) is 4.94. The summed E-state index contributed by atoms with van der Waals surface area (Å²) in [6, 6.07) is 7.66. The molecule has 0 spiro atoms. The molecule has 0 radical (unpaired) electrons. The monoisotopic (exact) mass is 233 g/mol. The maximum absolute atomic E-state index is 11.7. The van der Waals surface area contributed by atoms with Crippen molar-refractivity contribution in [3.63, 3.8) is 0 Å². The number of rotatable bonds is 5. The van der Waals surface area contributed by atoms with Crippen LogP contribution in [0.5, 0.6) is 0 Å². The van der Waals surface area contributed by atoms with Crippen LogP contribution in [0.4, 0.5) is 0 Å². The van der Waals surface area contributed by atoms with Crippen LogP contribution in [0.1, 0.15) is 23.7 Å². The Morgan fingerprint density at radius 2 is 2.00 bits per heavy atom. The Morgan fingerprint density at radius 1 is 1.35 bits per heavy atom. The van der Waals surface area contributed by atoms with Crippen molar-refractivity contribution in [2.75, 3.05) is 0 Å². The minimum Gasteiger partial charge on any atom is -0.480 e. The lowest BCUT2D eigenvalue weighted by atomic mass is 10.1. The van der Waals surface area contributed by atoms with Gasteiger partial charge in [0.1, 0.15) is 6.04 Å². The fraction of sp³-hybridized carbons (Fsp3) is 0.231. The van der Waals surface area contributed by atoms with Gasteiger partial charge >= 0.3 is 5.97 Å². The highest BCUT2D eigenvalue weighted by Crippen LogP contribution is 2.01. The summed E-state index contributed by atoms with van der Waals surface area (Å²) in [4.78, 5) is 22.6. The second kappa shape index (κ2) is 6.48. The molecule has 0 aliphatic rings. The number of hydrogen-bond acceptors (Lipinski definition) is 2. The van der Waals surface area contributed by atoms with E-state index in [1.165, 1.54) is 0 Å². The third-order valence-electron chi connectivity index (χ3n) is 2.25. The number of nitrogens with one attached hydrogen (secondary N) is 1. The van der Waals surface area contributed by atoms with Crippen molar-refractivity contribution in [1.29, 1.82) is 0 Å². The SMILES string of the molecule is CC=CCC(NC(=O)c1ccccc1)C(=O)O. The number of hydrogen-bond donors (Lipinski definition) is 2. The summed E-state index contributed by atoms with van der Waals surface area (Å²) in [7, 11) is 0. The van der Waals surface area contributed by atoms with E-state index < -0.39 is 12.0 Å².